The number of halogens is 1. The van der Waals surface area contributed by atoms with E-state index in [-0.39, 0.29) is 17.8 Å². The summed E-state index contributed by atoms with van der Waals surface area (Å²) in [5.41, 5.74) is 1.92. The van der Waals surface area contributed by atoms with E-state index in [0.29, 0.717) is 6.42 Å². The molecule has 0 bridgehead atoms. The van der Waals surface area contributed by atoms with Crippen LogP contribution in [-0.2, 0) is 24.2 Å². The van der Waals surface area contributed by atoms with Crippen LogP contribution in [0, 0.1) is 12.7 Å². The third-order valence-electron chi connectivity index (χ3n) is 5.24. The van der Waals surface area contributed by atoms with E-state index in [1.165, 1.54) is 12.1 Å². The van der Waals surface area contributed by atoms with Crippen LogP contribution < -0.4 is 5.32 Å². The molecule has 0 saturated heterocycles. The fourth-order valence-corrected chi connectivity index (χ4v) is 4.28. The number of carbonyl (C=O) groups is 1. The molecule has 152 valence electrons. The van der Waals surface area contributed by atoms with Gasteiger partial charge in [-0.3, -0.25) is 4.79 Å². The lowest BCUT2D eigenvalue weighted by Gasteiger charge is -2.16. The Balaban J connectivity index is 1.28. The number of carbonyl (C=O) groups excluding carboxylic acids is 1. The van der Waals surface area contributed by atoms with Crippen LogP contribution in [0.3, 0.4) is 0 Å². The molecule has 4 rings (SSSR count). The molecule has 1 atom stereocenters. The molecule has 1 aromatic carbocycles. The highest BCUT2D eigenvalue weighted by Crippen LogP contribution is 2.24. The van der Waals surface area contributed by atoms with Gasteiger partial charge in [0.2, 0.25) is 5.91 Å². The third-order valence-corrected chi connectivity index (χ3v) is 6.01. The van der Waals surface area contributed by atoms with Gasteiger partial charge in [0.15, 0.2) is 5.82 Å². The summed E-state index contributed by atoms with van der Waals surface area (Å²) in [6.07, 6.45) is 4.50. The number of hydrogen-bond acceptors (Lipinski definition) is 5. The van der Waals surface area contributed by atoms with Crippen LogP contribution in [0.4, 0.5) is 4.39 Å². The summed E-state index contributed by atoms with van der Waals surface area (Å²) in [7, 11) is 0. The van der Waals surface area contributed by atoms with E-state index in [1.54, 1.807) is 23.5 Å². The van der Waals surface area contributed by atoms with Gasteiger partial charge in [-0.2, -0.15) is 0 Å². The van der Waals surface area contributed by atoms with Crippen molar-refractivity contribution in [3.05, 3.63) is 51.9 Å². The Morgan fingerprint density at radius 3 is 2.86 bits per heavy atom. The van der Waals surface area contributed by atoms with Crippen LogP contribution in [0.2, 0.25) is 0 Å². The number of amides is 1. The molecule has 1 unspecified atom stereocenters. The molecule has 3 heterocycles. The maximum atomic E-state index is 13.0. The van der Waals surface area contributed by atoms with Gasteiger partial charge in [-0.05, 0) is 50.3 Å². The van der Waals surface area contributed by atoms with Crippen molar-refractivity contribution in [3.63, 3.8) is 0 Å². The number of hydrogen-bond donors (Lipinski definition) is 1. The van der Waals surface area contributed by atoms with Crippen LogP contribution in [-0.4, -0.2) is 31.7 Å². The minimum atomic E-state index is -0.233. The molecule has 6 nitrogen and oxygen atoms in total. The monoisotopic (exact) mass is 413 g/mol. The van der Waals surface area contributed by atoms with Crippen LogP contribution in [0.5, 0.6) is 0 Å². The van der Waals surface area contributed by atoms with E-state index in [2.05, 4.69) is 25.1 Å². The summed E-state index contributed by atoms with van der Waals surface area (Å²) < 4.78 is 15.1. The van der Waals surface area contributed by atoms with Gasteiger partial charge < -0.3 is 9.88 Å². The molecular weight excluding hydrogens is 389 g/mol. The molecule has 1 amide bonds. The molecule has 8 heteroatoms. The summed E-state index contributed by atoms with van der Waals surface area (Å²) in [5.74, 6) is 1.61. The SMILES string of the molecule is Cc1nc(-c2nnc3n2CCC(NC(=O)CCCc2ccc(F)cc2)CC3)cs1. The van der Waals surface area contributed by atoms with Crippen molar-refractivity contribution in [2.45, 2.75) is 58.0 Å². The first-order valence-electron chi connectivity index (χ1n) is 9.97. The van der Waals surface area contributed by atoms with E-state index < -0.39 is 0 Å². The molecule has 0 radical (unpaired) electrons. The van der Waals surface area contributed by atoms with Gasteiger partial charge in [0.1, 0.15) is 17.3 Å². The molecule has 1 N–H and O–H groups in total. The zero-order valence-electron chi connectivity index (χ0n) is 16.4. The first-order chi connectivity index (χ1) is 14.1. The highest BCUT2D eigenvalue weighted by atomic mass is 32.1. The van der Waals surface area contributed by atoms with Gasteiger partial charge >= 0.3 is 0 Å². The zero-order chi connectivity index (χ0) is 20.2. The first kappa shape index (κ1) is 19.7. The van der Waals surface area contributed by atoms with Crippen LogP contribution >= 0.6 is 11.3 Å². The number of nitrogens with zero attached hydrogens (tertiary/aromatic N) is 4. The minimum absolute atomic E-state index is 0.0742. The van der Waals surface area contributed by atoms with Crippen molar-refractivity contribution < 1.29 is 9.18 Å². The molecule has 0 saturated carbocycles. The lowest BCUT2D eigenvalue weighted by atomic mass is 10.1. The quantitative estimate of drug-likeness (QED) is 0.669. The number of thiazole rings is 1. The minimum Gasteiger partial charge on any atom is -0.353 e. The Kier molecular flexibility index (Phi) is 5.99. The largest absolute Gasteiger partial charge is 0.353 e. The predicted molar refractivity (Wildman–Crippen MR) is 110 cm³/mol. The lowest BCUT2D eigenvalue weighted by molar-refractivity contribution is -0.122. The van der Waals surface area contributed by atoms with Crippen molar-refractivity contribution in [1.82, 2.24) is 25.1 Å². The zero-order valence-corrected chi connectivity index (χ0v) is 17.2. The molecule has 1 aliphatic rings. The predicted octanol–water partition coefficient (Wildman–Crippen LogP) is 3.69. The van der Waals surface area contributed by atoms with Crippen molar-refractivity contribution in [2.24, 2.45) is 0 Å². The highest BCUT2D eigenvalue weighted by molar-refractivity contribution is 7.09. The second-order valence-corrected chi connectivity index (χ2v) is 8.48. The first-order valence-corrected chi connectivity index (χ1v) is 10.8. The van der Waals surface area contributed by atoms with Gasteiger partial charge in [-0.1, -0.05) is 12.1 Å². The van der Waals surface area contributed by atoms with Gasteiger partial charge in [0.25, 0.3) is 0 Å². The van der Waals surface area contributed by atoms with Crippen molar-refractivity contribution >= 4 is 17.2 Å². The van der Waals surface area contributed by atoms with Gasteiger partial charge in [0, 0.05) is 30.8 Å². The van der Waals surface area contributed by atoms with Crippen LogP contribution in [0.1, 0.15) is 42.1 Å². The van der Waals surface area contributed by atoms with Crippen LogP contribution in [0.25, 0.3) is 11.5 Å². The van der Waals surface area contributed by atoms with E-state index >= 15 is 0 Å². The fraction of sp³-hybridized carbons (Fsp3) is 0.429. The summed E-state index contributed by atoms with van der Waals surface area (Å²) in [4.78, 5) is 16.9. The lowest BCUT2D eigenvalue weighted by Crippen LogP contribution is -2.35. The maximum Gasteiger partial charge on any atom is 0.220 e. The average Bonchev–Trinajstić information content (AvgIpc) is 3.26. The Morgan fingerprint density at radius 1 is 1.28 bits per heavy atom. The second kappa shape index (κ2) is 8.82. The van der Waals surface area contributed by atoms with Crippen molar-refractivity contribution in [1.29, 1.82) is 0 Å². The summed E-state index contributed by atoms with van der Waals surface area (Å²) in [5, 5.41) is 14.9. The molecule has 0 aliphatic carbocycles. The molecule has 2 aromatic heterocycles. The average molecular weight is 414 g/mol. The highest BCUT2D eigenvalue weighted by Gasteiger charge is 2.22. The smallest absolute Gasteiger partial charge is 0.220 e. The van der Waals surface area contributed by atoms with Crippen molar-refractivity contribution in [3.8, 4) is 11.5 Å². The molecule has 1 aliphatic heterocycles. The van der Waals surface area contributed by atoms with Crippen molar-refractivity contribution in [2.75, 3.05) is 0 Å². The fourth-order valence-electron chi connectivity index (χ4n) is 3.69. The number of benzene rings is 1. The summed E-state index contributed by atoms with van der Waals surface area (Å²) >= 11 is 1.61. The van der Waals surface area contributed by atoms with E-state index in [1.807, 2.05) is 12.3 Å². The normalized spacial score (nSPS) is 16.3. The molecule has 29 heavy (non-hydrogen) atoms. The number of nitrogens with one attached hydrogen (secondary N) is 1. The summed E-state index contributed by atoms with van der Waals surface area (Å²) in [6, 6.07) is 6.60. The Bertz CT molecular complexity index is 981. The molecular formula is C21H24FN5OS. The van der Waals surface area contributed by atoms with E-state index in [9.17, 15) is 9.18 Å². The standard InChI is InChI=1S/C21H24FN5OS/c1-14-23-18(13-29-14)21-26-25-19-10-9-17(11-12-27(19)21)24-20(28)4-2-3-15-5-7-16(22)8-6-15/h5-8,13,17H,2-4,9-12H2,1H3,(H,24,28). The van der Waals surface area contributed by atoms with E-state index in [0.717, 1.165) is 66.6 Å². The summed E-state index contributed by atoms with van der Waals surface area (Å²) in [6.45, 7) is 2.75. The Hall–Kier alpha value is -2.61. The number of rotatable bonds is 6. The number of fused-ring (bicyclic) bond motifs is 1. The Labute approximate surface area is 173 Å². The topological polar surface area (TPSA) is 72.7 Å². The van der Waals surface area contributed by atoms with Gasteiger partial charge in [0.05, 0.1) is 5.01 Å². The molecule has 0 spiro atoms. The number of aryl methyl sites for hydroxylation is 3. The van der Waals surface area contributed by atoms with Crippen LogP contribution in [0.15, 0.2) is 29.6 Å². The van der Waals surface area contributed by atoms with Gasteiger partial charge in [-0.15, -0.1) is 21.5 Å². The second-order valence-electron chi connectivity index (χ2n) is 7.42. The molecule has 3 aromatic rings. The Morgan fingerprint density at radius 2 is 2.10 bits per heavy atom. The molecule has 0 fully saturated rings. The third kappa shape index (κ3) is 4.87. The maximum absolute atomic E-state index is 13.0. The number of aromatic nitrogens is 4. The van der Waals surface area contributed by atoms with E-state index in [4.69, 9.17) is 0 Å². The van der Waals surface area contributed by atoms with Gasteiger partial charge in [-0.25, -0.2) is 9.37 Å².